The van der Waals surface area contributed by atoms with E-state index in [2.05, 4.69) is 5.32 Å². The van der Waals surface area contributed by atoms with Crippen molar-refractivity contribution in [3.05, 3.63) is 59.1 Å². The molecular formula is C20H23ClN2O5S. The Balaban J connectivity index is 2.30. The number of amides is 1. The molecule has 2 aromatic rings. The highest BCUT2D eigenvalue weighted by Crippen LogP contribution is 2.26. The molecule has 2 rings (SSSR count). The zero-order valence-electron chi connectivity index (χ0n) is 16.4. The molecule has 156 valence electrons. The van der Waals surface area contributed by atoms with Gasteiger partial charge in [-0.15, -0.1) is 0 Å². The Morgan fingerprint density at radius 2 is 1.79 bits per heavy atom. The molecule has 7 nitrogen and oxygen atoms in total. The van der Waals surface area contributed by atoms with Gasteiger partial charge in [0.15, 0.2) is 0 Å². The second kappa shape index (κ2) is 9.76. The zero-order chi connectivity index (χ0) is 21.6. The summed E-state index contributed by atoms with van der Waals surface area (Å²) < 4.78 is 30.8. The SMILES string of the molecule is CCOC(=O)c1ccc(NC(=O)[C@H](CC)N(c2ccccc2)S(C)(=O)=O)c(Cl)c1. The van der Waals surface area contributed by atoms with Gasteiger partial charge in [-0.1, -0.05) is 36.7 Å². The summed E-state index contributed by atoms with van der Waals surface area (Å²) in [6.45, 7) is 3.64. The van der Waals surface area contributed by atoms with E-state index in [1.807, 2.05) is 0 Å². The maximum absolute atomic E-state index is 12.9. The fraction of sp³-hybridized carbons (Fsp3) is 0.300. The van der Waals surface area contributed by atoms with Crippen molar-refractivity contribution in [2.75, 3.05) is 22.5 Å². The lowest BCUT2D eigenvalue weighted by Crippen LogP contribution is -2.47. The van der Waals surface area contributed by atoms with Crippen molar-refractivity contribution in [3.8, 4) is 0 Å². The number of hydrogen-bond donors (Lipinski definition) is 1. The molecule has 0 heterocycles. The Morgan fingerprint density at radius 1 is 1.14 bits per heavy atom. The van der Waals surface area contributed by atoms with E-state index < -0.39 is 27.9 Å². The Hall–Kier alpha value is -2.58. The first-order valence-electron chi connectivity index (χ1n) is 9.01. The van der Waals surface area contributed by atoms with Crippen LogP contribution in [0.5, 0.6) is 0 Å². The molecule has 0 spiro atoms. The minimum absolute atomic E-state index is 0.143. The van der Waals surface area contributed by atoms with Crippen LogP contribution in [-0.2, 0) is 19.6 Å². The van der Waals surface area contributed by atoms with Gasteiger partial charge in [0.1, 0.15) is 6.04 Å². The summed E-state index contributed by atoms with van der Waals surface area (Å²) in [7, 11) is -3.72. The molecule has 0 aliphatic rings. The Bertz CT molecular complexity index is 980. The number of sulfonamides is 1. The number of benzene rings is 2. The number of carbonyl (C=O) groups excluding carboxylic acids is 2. The first kappa shape index (κ1) is 22.7. The maximum atomic E-state index is 12.9. The second-order valence-corrected chi connectivity index (χ2v) is 8.49. The summed E-state index contributed by atoms with van der Waals surface area (Å²) >= 11 is 6.20. The molecule has 0 fully saturated rings. The van der Waals surface area contributed by atoms with Crippen molar-refractivity contribution >= 4 is 44.9 Å². The number of nitrogens with one attached hydrogen (secondary N) is 1. The number of anilines is 2. The van der Waals surface area contributed by atoms with Crippen molar-refractivity contribution in [2.45, 2.75) is 26.3 Å². The van der Waals surface area contributed by atoms with Crippen LogP contribution >= 0.6 is 11.6 Å². The molecule has 0 radical (unpaired) electrons. The van der Waals surface area contributed by atoms with Crippen LogP contribution < -0.4 is 9.62 Å². The standard InChI is InChI=1S/C20H23ClN2O5S/c1-4-18(23(29(3,26)27)15-9-7-6-8-10-15)19(24)22-17-12-11-14(13-16(17)21)20(25)28-5-2/h6-13,18H,4-5H2,1-3H3,(H,22,24)/t18-/m0/s1. The van der Waals surface area contributed by atoms with Crippen molar-refractivity contribution < 1.29 is 22.7 Å². The highest BCUT2D eigenvalue weighted by atomic mass is 35.5. The molecule has 0 saturated heterocycles. The van der Waals surface area contributed by atoms with Crippen molar-refractivity contribution in [1.82, 2.24) is 0 Å². The van der Waals surface area contributed by atoms with Crippen molar-refractivity contribution in [1.29, 1.82) is 0 Å². The Labute approximate surface area is 175 Å². The van der Waals surface area contributed by atoms with E-state index in [1.54, 1.807) is 44.2 Å². The second-order valence-electron chi connectivity index (χ2n) is 6.22. The van der Waals surface area contributed by atoms with E-state index in [-0.39, 0.29) is 29.3 Å². The van der Waals surface area contributed by atoms with Crippen molar-refractivity contribution in [2.24, 2.45) is 0 Å². The van der Waals surface area contributed by atoms with Crippen LogP contribution in [0.1, 0.15) is 30.6 Å². The topological polar surface area (TPSA) is 92.8 Å². The lowest BCUT2D eigenvalue weighted by atomic mass is 10.1. The minimum Gasteiger partial charge on any atom is -0.462 e. The minimum atomic E-state index is -3.72. The molecule has 0 aromatic heterocycles. The van der Waals surface area contributed by atoms with Crippen LogP contribution in [0, 0.1) is 0 Å². The largest absolute Gasteiger partial charge is 0.462 e. The molecule has 1 amide bonds. The number of esters is 1. The highest BCUT2D eigenvalue weighted by molar-refractivity contribution is 7.92. The molecule has 1 N–H and O–H groups in total. The molecular weight excluding hydrogens is 416 g/mol. The molecule has 9 heteroatoms. The van der Waals surface area contributed by atoms with Gasteiger partial charge in [0.25, 0.3) is 0 Å². The Morgan fingerprint density at radius 3 is 2.31 bits per heavy atom. The van der Waals surface area contributed by atoms with Gasteiger partial charge in [-0.3, -0.25) is 9.10 Å². The fourth-order valence-corrected chi connectivity index (χ4v) is 4.25. The first-order chi connectivity index (χ1) is 13.7. The Kier molecular flexibility index (Phi) is 7.64. The molecule has 0 aliphatic heterocycles. The number of carbonyl (C=O) groups is 2. The smallest absolute Gasteiger partial charge is 0.338 e. The van der Waals surface area contributed by atoms with Gasteiger partial charge < -0.3 is 10.1 Å². The number of para-hydroxylation sites is 1. The average molecular weight is 439 g/mol. The van der Waals surface area contributed by atoms with Gasteiger partial charge >= 0.3 is 5.97 Å². The zero-order valence-corrected chi connectivity index (χ0v) is 18.0. The molecule has 1 atom stereocenters. The predicted octanol–water partition coefficient (Wildman–Crippen LogP) is 3.70. The molecule has 0 bridgehead atoms. The van der Waals surface area contributed by atoms with Gasteiger partial charge in [0.05, 0.1) is 34.8 Å². The number of ether oxygens (including phenoxy) is 1. The number of halogens is 1. The van der Waals surface area contributed by atoms with E-state index in [1.165, 1.54) is 18.2 Å². The van der Waals surface area contributed by atoms with E-state index in [4.69, 9.17) is 16.3 Å². The summed E-state index contributed by atoms with van der Waals surface area (Å²) in [6, 6.07) is 11.8. The van der Waals surface area contributed by atoms with Gasteiger partial charge in [0.2, 0.25) is 15.9 Å². The van der Waals surface area contributed by atoms with Gasteiger partial charge in [-0.2, -0.15) is 0 Å². The molecule has 2 aromatic carbocycles. The third kappa shape index (κ3) is 5.71. The van der Waals surface area contributed by atoms with Crippen LogP contribution in [0.4, 0.5) is 11.4 Å². The summed E-state index contributed by atoms with van der Waals surface area (Å²) in [5.41, 5.74) is 0.911. The number of hydrogen-bond acceptors (Lipinski definition) is 5. The van der Waals surface area contributed by atoms with Crippen LogP contribution in [-0.4, -0.2) is 39.2 Å². The highest BCUT2D eigenvalue weighted by Gasteiger charge is 2.31. The third-order valence-electron chi connectivity index (χ3n) is 4.08. The van der Waals surface area contributed by atoms with E-state index in [0.29, 0.717) is 5.69 Å². The van der Waals surface area contributed by atoms with Crippen LogP contribution in [0.15, 0.2) is 48.5 Å². The summed E-state index contributed by atoms with van der Waals surface area (Å²) in [6.07, 6.45) is 1.30. The first-order valence-corrected chi connectivity index (χ1v) is 11.2. The van der Waals surface area contributed by atoms with E-state index in [0.717, 1.165) is 10.6 Å². The van der Waals surface area contributed by atoms with Crippen LogP contribution in [0.2, 0.25) is 5.02 Å². The molecule has 29 heavy (non-hydrogen) atoms. The average Bonchev–Trinajstić information content (AvgIpc) is 2.67. The number of rotatable bonds is 8. The summed E-state index contributed by atoms with van der Waals surface area (Å²) in [5, 5.41) is 2.80. The summed E-state index contributed by atoms with van der Waals surface area (Å²) in [5.74, 6) is -1.06. The summed E-state index contributed by atoms with van der Waals surface area (Å²) in [4.78, 5) is 24.7. The normalized spacial score (nSPS) is 12.1. The molecule has 0 saturated carbocycles. The van der Waals surface area contributed by atoms with E-state index in [9.17, 15) is 18.0 Å². The van der Waals surface area contributed by atoms with E-state index >= 15 is 0 Å². The lowest BCUT2D eigenvalue weighted by molar-refractivity contribution is -0.117. The van der Waals surface area contributed by atoms with Gasteiger partial charge in [-0.05, 0) is 43.7 Å². The van der Waals surface area contributed by atoms with Crippen molar-refractivity contribution in [3.63, 3.8) is 0 Å². The van der Waals surface area contributed by atoms with Gasteiger partial charge in [0, 0.05) is 0 Å². The molecule has 0 aliphatic carbocycles. The maximum Gasteiger partial charge on any atom is 0.338 e. The van der Waals surface area contributed by atoms with Crippen LogP contribution in [0.3, 0.4) is 0 Å². The molecule has 0 unspecified atom stereocenters. The predicted molar refractivity (Wildman–Crippen MR) is 114 cm³/mol. The fourth-order valence-electron chi connectivity index (χ4n) is 2.81. The number of nitrogens with zero attached hydrogens (tertiary/aromatic N) is 1. The third-order valence-corrected chi connectivity index (χ3v) is 5.57. The van der Waals surface area contributed by atoms with Gasteiger partial charge in [-0.25, -0.2) is 13.2 Å². The van der Waals surface area contributed by atoms with Crippen LogP contribution in [0.25, 0.3) is 0 Å². The lowest BCUT2D eigenvalue weighted by Gasteiger charge is -2.30. The quantitative estimate of drug-likeness (QED) is 0.634. The monoisotopic (exact) mass is 438 g/mol.